The zero-order chi connectivity index (χ0) is 16.4. The summed E-state index contributed by atoms with van der Waals surface area (Å²) < 4.78 is 39.6. The quantitative estimate of drug-likeness (QED) is 0.870. The molecule has 1 N–H and O–H groups in total. The average molecular weight is 320 g/mol. The first kappa shape index (κ1) is 15.4. The molecule has 6 heteroatoms. The summed E-state index contributed by atoms with van der Waals surface area (Å²) in [5.74, 6) is -1.86. The molecule has 1 aliphatic heterocycles. The maximum atomic E-state index is 13.6. The van der Waals surface area contributed by atoms with Crippen LogP contribution in [0.25, 0.3) is 0 Å². The van der Waals surface area contributed by atoms with Crippen molar-refractivity contribution in [3.05, 3.63) is 65.5 Å². The Bertz CT molecular complexity index is 718. The van der Waals surface area contributed by atoms with E-state index in [9.17, 15) is 18.0 Å². The summed E-state index contributed by atoms with van der Waals surface area (Å²) in [6.45, 7) is 0.524. The monoisotopic (exact) mass is 320 g/mol. The lowest BCUT2D eigenvalue weighted by Crippen LogP contribution is -2.34. The number of amides is 2. The highest BCUT2D eigenvalue weighted by Gasteiger charge is 2.30. The molecule has 1 aliphatic rings. The van der Waals surface area contributed by atoms with Gasteiger partial charge in [-0.3, -0.25) is 0 Å². The number of nitrogens with one attached hydrogen (secondary N) is 1. The molecular weight excluding hydrogens is 305 g/mol. The van der Waals surface area contributed by atoms with Gasteiger partial charge in [0.25, 0.3) is 0 Å². The summed E-state index contributed by atoms with van der Waals surface area (Å²) in [4.78, 5) is 14.0. The minimum Gasteiger partial charge on any atom is -0.317 e. The molecular formula is C17H15F3N2O. The van der Waals surface area contributed by atoms with Crippen molar-refractivity contribution in [2.75, 3.05) is 11.9 Å². The fraction of sp³-hybridized carbons (Fsp3) is 0.235. The van der Waals surface area contributed by atoms with E-state index in [4.69, 9.17) is 0 Å². The van der Waals surface area contributed by atoms with E-state index >= 15 is 0 Å². The molecule has 0 saturated carbocycles. The van der Waals surface area contributed by atoms with Crippen LogP contribution in [-0.2, 0) is 0 Å². The topological polar surface area (TPSA) is 32.3 Å². The normalized spacial score (nSPS) is 17.3. The molecule has 0 aliphatic carbocycles. The van der Waals surface area contributed by atoms with E-state index in [1.807, 2.05) is 0 Å². The van der Waals surface area contributed by atoms with Gasteiger partial charge in [-0.05, 0) is 42.7 Å². The van der Waals surface area contributed by atoms with E-state index in [1.165, 1.54) is 18.2 Å². The highest BCUT2D eigenvalue weighted by Crippen LogP contribution is 2.32. The van der Waals surface area contributed by atoms with Gasteiger partial charge < -0.3 is 10.2 Å². The van der Waals surface area contributed by atoms with Gasteiger partial charge in [0.1, 0.15) is 17.5 Å². The van der Waals surface area contributed by atoms with Crippen molar-refractivity contribution in [2.24, 2.45) is 0 Å². The fourth-order valence-electron chi connectivity index (χ4n) is 2.82. The molecule has 1 saturated heterocycles. The van der Waals surface area contributed by atoms with Crippen LogP contribution >= 0.6 is 0 Å². The molecule has 1 fully saturated rings. The lowest BCUT2D eigenvalue weighted by molar-refractivity contribution is 0.207. The van der Waals surface area contributed by atoms with Crippen molar-refractivity contribution in [3.63, 3.8) is 0 Å². The van der Waals surface area contributed by atoms with Crippen LogP contribution in [0.4, 0.5) is 23.7 Å². The van der Waals surface area contributed by atoms with E-state index in [0.717, 1.165) is 30.5 Å². The number of benzene rings is 2. The van der Waals surface area contributed by atoms with Crippen LogP contribution < -0.4 is 5.32 Å². The van der Waals surface area contributed by atoms with Crippen molar-refractivity contribution < 1.29 is 18.0 Å². The van der Waals surface area contributed by atoms with Gasteiger partial charge in [0.05, 0.1) is 11.7 Å². The van der Waals surface area contributed by atoms with Gasteiger partial charge in [-0.25, -0.2) is 18.0 Å². The van der Waals surface area contributed by atoms with Gasteiger partial charge in [0.2, 0.25) is 0 Å². The van der Waals surface area contributed by atoms with Crippen molar-refractivity contribution in [3.8, 4) is 0 Å². The Morgan fingerprint density at radius 3 is 2.43 bits per heavy atom. The number of likely N-dealkylation sites (tertiary alicyclic amines) is 1. The molecule has 120 valence electrons. The van der Waals surface area contributed by atoms with E-state index in [-0.39, 0.29) is 17.5 Å². The first-order valence-electron chi connectivity index (χ1n) is 7.33. The highest BCUT2D eigenvalue weighted by atomic mass is 19.1. The first-order chi connectivity index (χ1) is 11.0. The van der Waals surface area contributed by atoms with Gasteiger partial charge in [-0.1, -0.05) is 12.1 Å². The summed E-state index contributed by atoms with van der Waals surface area (Å²) in [7, 11) is 0. The Kier molecular flexibility index (Phi) is 4.23. The van der Waals surface area contributed by atoms with Crippen LogP contribution in [-0.4, -0.2) is 17.5 Å². The maximum absolute atomic E-state index is 13.6. The van der Waals surface area contributed by atoms with Crippen LogP contribution in [0.3, 0.4) is 0 Å². The zero-order valence-electron chi connectivity index (χ0n) is 12.2. The lowest BCUT2D eigenvalue weighted by Gasteiger charge is -2.25. The number of anilines is 1. The maximum Gasteiger partial charge on any atom is 0.322 e. The molecule has 1 heterocycles. The van der Waals surface area contributed by atoms with E-state index in [1.54, 1.807) is 17.0 Å². The number of nitrogens with zero attached hydrogens (tertiary/aromatic N) is 1. The van der Waals surface area contributed by atoms with Crippen molar-refractivity contribution in [1.82, 2.24) is 4.90 Å². The van der Waals surface area contributed by atoms with Gasteiger partial charge in [0.15, 0.2) is 0 Å². The third-order valence-corrected chi connectivity index (χ3v) is 3.94. The standard InChI is InChI=1S/C17H15F3N2O/c18-12-5-3-11(4-6-12)16-2-1-9-22(16)17(23)21-15-8-7-13(19)10-14(15)20/h3-8,10,16H,1-2,9H2,(H,21,23). The molecule has 0 aromatic heterocycles. The molecule has 0 spiro atoms. The van der Waals surface area contributed by atoms with Gasteiger partial charge >= 0.3 is 6.03 Å². The van der Waals surface area contributed by atoms with E-state index in [0.29, 0.717) is 6.54 Å². The minimum atomic E-state index is -0.823. The number of rotatable bonds is 2. The number of carbonyl (C=O) groups excluding carboxylic acids is 1. The van der Waals surface area contributed by atoms with Crippen LogP contribution in [0, 0.1) is 17.5 Å². The number of hydrogen-bond acceptors (Lipinski definition) is 1. The number of urea groups is 1. The SMILES string of the molecule is O=C(Nc1ccc(F)cc1F)N1CCCC1c1ccc(F)cc1. The summed E-state index contributed by atoms with van der Waals surface area (Å²) in [5.41, 5.74) is 0.764. The first-order valence-corrected chi connectivity index (χ1v) is 7.33. The Morgan fingerprint density at radius 2 is 1.74 bits per heavy atom. The molecule has 0 radical (unpaired) electrons. The van der Waals surface area contributed by atoms with Gasteiger partial charge in [-0.15, -0.1) is 0 Å². The number of carbonyl (C=O) groups is 1. The molecule has 2 aromatic rings. The van der Waals surface area contributed by atoms with Gasteiger partial charge in [-0.2, -0.15) is 0 Å². The molecule has 23 heavy (non-hydrogen) atoms. The van der Waals surface area contributed by atoms with Crippen LogP contribution in [0.5, 0.6) is 0 Å². The van der Waals surface area contributed by atoms with Crippen LogP contribution in [0.1, 0.15) is 24.4 Å². The Labute approximate surface area is 131 Å². The highest BCUT2D eigenvalue weighted by molar-refractivity contribution is 5.90. The second-order valence-electron chi connectivity index (χ2n) is 5.46. The predicted octanol–water partition coefficient (Wildman–Crippen LogP) is 4.47. The Balaban J connectivity index is 1.76. The average Bonchev–Trinajstić information content (AvgIpc) is 3.00. The molecule has 0 bridgehead atoms. The lowest BCUT2D eigenvalue weighted by atomic mass is 10.0. The third-order valence-electron chi connectivity index (χ3n) is 3.94. The van der Waals surface area contributed by atoms with E-state index < -0.39 is 17.7 Å². The Morgan fingerprint density at radius 1 is 1.04 bits per heavy atom. The molecule has 3 rings (SSSR count). The second-order valence-corrected chi connectivity index (χ2v) is 5.46. The van der Waals surface area contributed by atoms with Crippen molar-refractivity contribution in [2.45, 2.75) is 18.9 Å². The molecule has 3 nitrogen and oxygen atoms in total. The van der Waals surface area contributed by atoms with Crippen LogP contribution in [0.15, 0.2) is 42.5 Å². The van der Waals surface area contributed by atoms with Crippen molar-refractivity contribution >= 4 is 11.7 Å². The Hall–Kier alpha value is -2.50. The third kappa shape index (κ3) is 3.31. The molecule has 1 unspecified atom stereocenters. The summed E-state index contributed by atoms with van der Waals surface area (Å²) in [5, 5.41) is 2.46. The summed E-state index contributed by atoms with van der Waals surface area (Å²) in [6, 6.07) is 8.34. The number of halogens is 3. The summed E-state index contributed by atoms with van der Waals surface area (Å²) in [6.07, 6.45) is 1.56. The number of hydrogen-bond donors (Lipinski definition) is 1. The molecule has 1 atom stereocenters. The molecule has 2 aromatic carbocycles. The summed E-state index contributed by atoms with van der Waals surface area (Å²) >= 11 is 0. The molecule has 2 amide bonds. The van der Waals surface area contributed by atoms with Gasteiger partial charge in [0, 0.05) is 12.6 Å². The predicted molar refractivity (Wildman–Crippen MR) is 80.5 cm³/mol. The van der Waals surface area contributed by atoms with Crippen molar-refractivity contribution in [1.29, 1.82) is 0 Å². The second kappa shape index (κ2) is 6.32. The van der Waals surface area contributed by atoms with Crippen LogP contribution in [0.2, 0.25) is 0 Å². The minimum absolute atomic E-state index is 0.0684. The fourth-order valence-corrected chi connectivity index (χ4v) is 2.82. The van der Waals surface area contributed by atoms with E-state index in [2.05, 4.69) is 5.32 Å². The smallest absolute Gasteiger partial charge is 0.317 e. The largest absolute Gasteiger partial charge is 0.322 e. The zero-order valence-corrected chi connectivity index (χ0v) is 12.2.